The summed E-state index contributed by atoms with van der Waals surface area (Å²) in [6.07, 6.45) is 1.51. The van der Waals surface area contributed by atoms with Gasteiger partial charge < -0.3 is 10.5 Å². The van der Waals surface area contributed by atoms with E-state index in [0.717, 1.165) is 12.8 Å². The summed E-state index contributed by atoms with van der Waals surface area (Å²) in [6.45, 7) is 6.54. The third-order valence-electron chi connectivity index (χ3n) is 3.49. The molecule has 1 aromatic rings. The fraction of sp³-hybridized carbons (Fsp3) is 0.571. The van der Waals surface area contributed by atoms with Gasteiger partial charge in [0.05, 0.1) is 11.6 Å². The molecule has 1 atom stereocenters. The lowest BCUT2D eigenvalue weighted by Gasteiger charge is -2.37. The normalized spacial score (nSPS) is 13.7. The number of rotatable bonds is 6. The Morgan fingerprint density at radius 2 is 1.94 bits per heavy atom. The molecule has 0 bridgehead atoms. The first-order valence-electron chi connectivity index (χ1n) is 6.35. The van der Waals surface area contributed by atoms with Crippen LogP contribution in [-0.4, -0.2) is 12.2 Å². The van der Waals surface area contributed by atoms with Crippen LogP contribution in [0.15, 0.2) is 18.2 Å². The first-order valence-corrected chi connectivity index (χ1v) is 6.73. The van der Waals surface area contributed by atoms with Gasteiger partial charge in [0.2, 0.25) is 0 Å². The van der Waals surface area contributed by atoms with Crippen molar-refractivity contribution in [2.75, 3.05) is 6.61 Å². The predicted molar refractivity (Wildman–Crippen MR) is 73.3 cm³/mol. The Morgan fingerprint density at radius 3 is 2.44 bits per heavy atom. The van der Waals surface area contributed by atoms with Gasteiger partial charge in [-0.15, -0.1) is 0 Å². The van der Waals surface area contributed by atoms with Crippen molar-refractivity contribution in [1.82, 2.24) is 0 Å². The summed E-state index contributed by atoms with van der Waals surface area (Å²) in [4.78, 5) is 0. The molecule has 0 aromatic heterocycles. The minimum atomic E-state index is -0.494. The summed E-state index contributed by atoms with van der Waals surface area (Å²) < 4.78 is 19.2. The molecular formula is C14H21ClFNO. The Kier molecular flexibility index (Phi) is 5.57. The largest absolute Gasteiger partial charge is 0.373 e. The lowest BCUT2D eigenvalue weighted by atomic mass is 9.84. The highest BCUT2D eigenvalue weighted by Gasteiger charge is 2.36. The van der Waals surface area contributed by atoms with Crippen LogP contribution in [0.1, 0.15) is 45.2 Å². The van der Waals surface area contributed by atoms with Gasteiger partial charge in [-0.05, 0) is 43.5 Å². The zero-order valence-corrected chi connectivity index (χ0v) is 11.9. The summed E-state index contributed by atoms with van der Waals surface area (Å²) in [7, 11) is 0. The third kappa shape index (κ3) is 3.02. The molecule has 4 heteroatoms. The van der Waals surface area contributed by atoms with Crippen LogP contribution in [0.2, 0.25) is 5.02 Å². The number of ether oxygens (including phenoxy) is 1. The summed E-state index contributed by atoms with van der Waals surface area (Å²) >= 11 is 6.11. The molecule has 1 aromatic carbocycles. The summed E-state index contributed by atoms with van der Waals surface area (Å²) in [5.41, 5.74) is 6.39. The Hall–Kier alpha value is -0.640. The maximum Gasteiger partial charge on any atom is 0.123 e. The lowest BCUT2D eigenvalue weighted by Crippen LogP contribution is -2.43. The Labute approximate surface area is 113 Å². The van der Waals surface area contributed by atoms with E-state index in [4.69, 9.17) is 22.1 Å². The van der Waals surface area contributed by atoms with Gasteiger partial charge in [0.25, 0.3) is 0 Å². The highest BCUT2D eigenvalue weighted by molar-refractivity contribution is 6.31. The second-order valence-corrected chi connectivity index (χ2v) is 4.76. The molecule has 0 aliphatic heterocycles. The van der Waals surface area contributed by atoms with Crippen molar-refractivity contribution in [3.8, 4) is 0 Å². The van der Waals surface area contributed by atoms with E-state index < -0.39 is 11.6 Å². The van der Waals surface area contributed by atoms with Crippen LogP contribution in [0.5, 0.6) is 0 Å². The minimum absolute atomic E-state index is 0.331. The van der Waals surface area contributed by atoms with Crippen molar-refractivity contribution < 1.29 is 9.13 Å². The second kappa shape index (κ2) is 6.50. The Balaban J connectivity index is 3.16. The fourth-order valence-electron chi connectivity index (χ4n) is 2.31. The van der Waals surface area contributed by atoms with Gasteiger partial charge in [-0.25, -0.2) is 4.39 Å². The molecule has 0 heterocycles. The lowest BCUT2D eigenvalue weighted by molar-refractivity contribution is -0.0646. The van der Waals surface area contributed by atoms with Crippen molar-refractivity contribution in [1.29, 1.82) is 0 Å². The molecule has 1 unspecified atom stereocenters. The van der Waals surface area contributed by atoms with Crippen LogP contribution in [0.3, 0.4) is 0 Å². The standard InChI is InChI=1S/C14H21ClFNO/c1-4-14(5-2,18-6-3)13(17)11-9-10(16)7-8-12(11)15/h7-9,13H,4-6,17H2,1-3H3. The van der Waals surface area contributed by atoms with E-state index in [-0.39, 0.29) is 5.82 Å². The topological polar surface area (TPSA) is 35.2 Å². The summed E-state index contributed by atoms with van der Waals surface area (Å²) in [5.74, 6) is -0.331. The van der Waals surface area contributed by atoms with Crippen LogP contribution >= 0.6 is 11.6 Å². The van der Waals surface area contributed by atoms with Crippen molar-refractivity contribution in [3.05, 3.63) is 34.6 Å². The van der Waals surface area contributed by atoms with E-state index in [1.807, 2.05) is 20.8 Å². The molecule has 0 fully saturated rings. The zero-order chi connectivity index (χ0) is 13.8. The van der Waals surface area contributed by atoms with E-state index >= 15 is 0 Å². The van der Waals surface area contributed by atoms with E-state index in [9.17, 15) is 4.39 Å². The highest BCUT2D eigenvalue weighted by Crippen LogP contribution is 2.36. The average molecular weight is 274 g/mol. The first kappa shape index (κ1) is 15.4. The molecule has 0 amide bonds. The second-order valence-electron chi connectivity index (χ2n) is 4.35. The molecular weight excluding hydrogens is 253 g/mol. The molecule has 2 N–H and O–H groups in total. The highest BCUT2D eigenvalue weighted by atomic mass is 35.5. The van der Waals surface area contributed by atoms with E-state index in [0.29, 0.717) is 17.2 Å². The SMILES string of the molecule is CCOC(CC)(CC)C(N)c1cc(F)ccc1Cl. The van der Waals surface area contributed by atoms with Gasteiger partial charge in [-0.1, -0.05) is 25.4 Å². The van der Waals surface area contributed by atoms with Crippen LogP contribution in [0, 0.1) is 5.82 Å². The number of halogens is 2. The summed E-state index contributed by atoms with van der Waals surface area (Å²) in [6, 6.07) is 3.83. The number of hydrogen-bond acceptors (Lipinski definition) is 2. The number of benzene rings is 1. The average Bonchev–Trinajstić information content (AvgIpc) is 2.38. The van der Waals surface area contributed by atoms with Gasteiger partial charge in [-0.2, -0.15) is 0 Å². The molecule has 102 valence electrons. The van der Waals surface area contributed by atoms with Crippen LogP contribution in [0.25, 0.3) is 0 Å². The Morgan fingerprint density at radius 1 is 1.33 bits per heavy atom. The number of nitrogens with two attached hydrogens (primary N) is 1. The van der Waals surface area contributed by atoms with Crippen molar-refractivity contribution in [2.24, 2.45) is 5.73 Å². The fourth-order valence-corrected chi connectivity index (χ4v) is 2.54. The number of hydrogen-bond donors (Lipinski definition) is 1. The monoisotopic (exact) mass is 273 g/mol. The van der Waals surface area contributed by atoms with Crippen molar-refractivity contribution in [2.45, 2.75) is 45.3 Å². The molecule has 0 aliphatic rings. The molecule has 0 saturated heterocycles. The molecule has 0 saturated carbocycles. The molecule has 0 spiro atoms. The molecule has 0 radical (unpaired) electrons. The van der Waals surface area contributed by atoms with Gasteiger partial charge in [0.1, 0.15) is 5.82 Å². The van der Waals surface area contributed by atoms with Crippen molar-refractivity contribution in [3.63, 3.8) is 0 Å². The van der Waals surface area contributed by atoms with Crippen LogP contribution < -0.4 is 5.73 Å². The maximum atomic E-state index is 13.3. The van der Waals surface area contributed by atoms with E-state index in [2.05, 4.69) is 0 Å². The first-order chi connectivity index (χ1) is 8.50. The third-order valence-corrected chi connectivity index (χ3v) is 3.83. The summed E-state index contributed by atoms with van der Waals surface area (Å²) in [5, 5.41) is 0.481. The Bertz CT molecular complexity index is 393. The minimum Gasteiger partial charge on any atom is -0.373 e. The van der Waals surface area contributed by atoms with E-state index in [1.165, 1.54) is 18.2 Å². The van der Waals surface area contributed by atoms with Crippen LogP contribution in [-0.2, 0) is 4.74 Å². The molecule has 0 aliphatic carbocycles. The van der Waals surface area contributed by atoms with Crippen LogP contribution in [0.4, 0.5) is 4.39 Å². The van der Waals surface area contributed by atoms with Gasteiger partial charge in [0, 0.05) is 11.6 Å². The molecule has 2 nitrogen and oxygen atoms in total. The smallest absolute Gasteiger partial charge is 0.123 e. The van der Waals surface area contributed by atoms with Gasteiger partial charge >= 0.3 is 0 Å². The maximum absolute atomic E-state index is 13.3. The van der Waals surface area contributed by atoms with Gasteiger partial charge in [0.15, 0.2) is 0 Å². The van der Waals surface area contributed by atoms with Gasteiger partial charge in [-0.3, -0.25) is 0 Å². The molecule has 1 rings (SSSR count). The predicted octanol–water partition coefficient (Wildman–Crippen LogP) is 4.07. The zero-order valence-electron chi connectivity index (χ0n) is 11.2. The van der Waals surface area contributed by atoms with E-state index in [1.54, 1.807) is 0 Å². The molecule has 18 heavy (non-hydrogen) atoms. The quantitative estimate of drug-likeness (QED) is 0.848. The van der Waals surface area contributed by atoms with Crippen molar-refractivity contribution >= 4 is 11.6 Å².